The largest absolute Gasteiger partial charge is 0.133 e. The molecule has 0 aliphatic heterocycles. The van der Waals surface area contributed by atoms with E-state index in [9.17, 15) is 0 Å². The predicted molar refractivity (Wildman–Crippen MR) is 44.8 cm³/mol. The minimum atomic E-state index is 0.757. The van der Waals surface area contributed by atoms with Crippen LogP contribution in [0, 0.1) is 17.8 Å². The molecule has 1 aliphatic rings. The summed E-state index contributed by atoms with van der Waals surface area (Å²) in [5.74, 6) is 2.52. The summed E-state index contributed by atoms with van der Waals surface area (Å²) in [6, 6.07) is 0. The molecular formula is C10H16. The molecule has 0 N–H and O–H groups in total. The van der Waals surface area contributed by atoms with Gasteiger partial charge in [-0.15, -0.1) is 5.73 Å². The van der Waals surface area contributed by atoms with Crippen LogP contribution in [0.25, 0.3) is 0 Å². The lowest BCUT2D eigenvalue weighted by molar-refractivity contribution is 0.502. The van der Waals surface area contributed by atoms with Crippen molar-refractivity contribution in [1.82, 2.24) is 0 Å². The fourth-order valence-corrected chi connectivity index (χ4v) is 1.99. The maximum atomic E-state index is 3.60. The first kappa shape index (κ1) is 7.63. The average molecular weight is 136 g/mol. The average Bonchev–Trinajstić information content (AvgIpc) is 2.13. The quantitative estimate of drug-likeness (QED) is 0.486. The van der Waals surface area contributed by atoms with Gasteiger partial charge in [0.15, 0.2) is 0 Å². The van der Waals surface area contributed by atoms with Gasteiger partial charge >= 0.3 is 0 Å². The summed E-state index contributed by atoms with van der Waals surface area (Å²) in [5, 5.41) is 0. The standard InChI is InChI=1S/C10H16/c1-4-5-10-7-8(2)6-9(10)3/h5,8-10H,1,6-7H2,2-3H3. The zero-order chi connectivity index (χ0) is 7.56. The summed E-state index contributed by atoms with van der Waals surface area (Å²) in [5.41, 5.74) is 2.89. The van der Waals surface area contributed by atoms with Crippen LogP contribution in [-0.2, 0) is 0 Å². The molecule has 0 bridgehead atoms. The fraction of sp³-hybridized carbons (Fsp3) is 0.700. The van der Waals surface area contributed by atoms with Gasteiger partial charge < -0.3 is 0 Å². The maximum Gasteiger partial charge on any atom is -0.0129 e. The second-order valence-electron chi connectivity index (χ2n) is 3.59. The molecule has 0 heterocycles. The smallest absolute Gasteiger partial charge is 0.0129 e. The highest BCUT2D eigenvalue weighted by Crippen LogP contribution is 2.36. The summed E-state index contributed by atoms with van der Waals surface area (Å²) < 4.78 is 0. The molecule has 56 valence electrons. The molecular weight excluding hydrogens is 120 g/mol. The highest BCUT2D eigenvalue weighted by Gasteiger charge is 2.26. The molecule has 0 spiro atoms. The molecule has 1 aliphatic carbocycles. The van der Waals surface area contributed by atoms with E-state index in [2.05, 4.69) is 32.2 Å². The Hall–Kier alpha value is -0.480. The number of rotatable bonds is 1. The predicted octanol–water partition coefficient (Wildman–Crippen LogP) is 3.01. The second kappa shape index (κ2) is 3.07. The van der Waals surface area contributed by atoms with Crippen molar-refractivity contribution < 1.29 is 0 Å². The molecule has 0 radical (unpaired) electrons. The topological polar surface area (TPSA) is 0 Å². The van der Waals surface area contributed by atoms with Crippen LogP contribution in [0.4, 0.5) is 0 Å². The van der Waals surface area contributed by atoms with E-state index in [0.717, 1.165) is 17.8 Å². The molecule has 0 aromatic carbocycles. The van der Waals surface area contributed by atoms with Gasteiger partial charge in [-0.2, -0.15) is 0 Å². The van der Waals surface area contributed by atoms with Crippen LogP contribution >= 0.6 is 0 Å². The normalized spacial score (nSPS) is 39.2. The van der Waals surface area contributed by atoms with Crippen molar-refractivity contribution in [3.8, 4) is 0 Å². The zero-order valence-corrected chi connectivity index (χ0v) is 6.93. The van der Waals surface area contributed by atoms with Crippen molar-refractivity contribution in [2.45, 2.75) is 26.7 Å². The van der Waals surface area contributed by atoms with E-state index in [4.69, 9.17) is 0 Å². The number of hydrogen-bond donors (Lipinski definition) is 0. The summed E-state index contributed by atoms with van der Waals surface area (Å²) in [6.45, 7) is 8.25. The Morgan fingerprint density at radius 2 is 2.10 bits per heavy atom. The van der Waals surface area contributed by atoms with E-state index in [1.54, 1.807) is 0 Å². The highest BCUT2D eigenvalue weighted by atomic mass is 14.3. The van der Waals surface area contributed by atoms with Crippen molar-refractivity contribution in [3.05, 3.63) is 18.4 Å². The minimum absolute atomic E-state index is 0.757. The minimum Gasteiger partial charge on any atom is -0.133 e. The van der Waals surface area contributed by atoms with Crippen LogP contribution in [0.15, 0.2) is 18.4 Å². The van der Waals surface area contributed by atoms with Crippen LogP contribution in [-0.4, -0.2) is 0 Å². The Balaban J connectivity index is 2.54. The second-order valence-corrected chi connectivity index (χ2v) is 3.59. The van der Waals surface area contributed by atoms with Gasteiger partial charge in [-0.1, -0.05) is 20.4 Å². The van der Waals surface area contributed by atoms with E-state index in [1.807, 2.05) is 0 Å². The Bertz CT molecular complexity index is 151. The Kier molecular flexibility index (Phi) is 2.34. The van der Waals surface area contributed by atoms with Gasteiger partial charge in [-0.3, -0.25) is 0 Å². The molecule has 1 rings (SSSR count). The molecule has 1 saturated carbocycles. The monoisotopic (exact) mass is 136 g/mol. The van der Waals surface area contributed by atoms with Crippen molar-refractivity contribution in [2.24, 2.45) is 17.8 Å². The third-order valence-corrected chi connectivity index (χ3v) is 2.51. The van der Waals surface area contributed by atoms with E-state index >= 15 is 0 Å². The first-order valence-electron chi connectivity index (χ1n) is 4.10. The van der Waals surface area contributed by atoms with Crippen molar-refractivity contribution in [3.63, 3.8) is 0 Å². The fourth-order valence-electron chi connectivity index (χ4n) is 1.99. The molecule has 3 atom stereocenters. The maximum absolute atomic E-state index is 3.60. The van der Waals surface area contributed by atoms with E-state index < -0.39 is 0 Å². The molecule has 1 fully saturated rings. The van der Waals surface area contributed by atoms with E-state index in [1.165, 1.54) is 12.8 Å². The molecule has 0 aromatic rings. The summed E-state index contributed by atoms with van der Waals surface area (Å²) >= 11 is 0. The lowest BCUT2D eigenvalue weighted by atomic mass is 9.98. The SMILES string of the molecule is C=C=CC1CC(C)CC1C. The molecule has 10 heavy (non-hydrogen) atoms. The van der Waals surface area contributed by atoms with Crippen molar-refractivity contribution in [2.75, 3.05) is 0 Å². The summed E-state index contributed by atoms with van der Waals surface area (Å²) in [4.78, 5) is 0. The van der Waals surface area contributed by atoms with Gasteiger partial charge in [0.25, 0.3) is 0 Å². The number of hydrogen-bond acceptors (Lipinski definition) is 0. The van der Waals surface area contributed by atoms with Gasteiger partial charge in [0.2, 0.25) is 0 Å². The van der Waals surface area contributed by atoms with Crippen LogP contribution in [0.3, 0.4) is 0 Å². The lowest BCUT2D eigenvalue weighted by Crippen LogP contribution is -1.98. The molecule has 3 unspecified atom stereocenters. The van der Waals surface area contributed by atoms with Crippen molar-refractivity contribution >= 4 is 0 Å². The zero-order valence-electron chi connectivity index (χ0n) is 6.93. The van der Waals surface area contributed by atoms with Crippen molar-refractivity contribution in [1.29, 1.82) is 0 Å². The van der Waals surface area contributed by atoms with Gasteiger partial charge in [0, 0.05) is 0 Å². The lowest BCUT2D eigenvalue weighted by Gasteiger charge is -2.06. The molecule has 0 heteroatoms. The summed E-state index contributed by atoms with van der Waals surface area (Å²) in [6.07, 6.45) is 4.85. The Morgan fingerprint density at radius 3 is 2.50 bits per heavy atom. The highest BCUT2D eigenvalue weighted by molar-refractivity contribution is 4.92. The third kappa shape index (κ3) is 1.52. The van der Waals surface area contributed by atoms with Gasteiger partial charge in [-0.05, 0) is 36.7 Å². The first-order valence-corrected chi connectivity index (χ1v) is 4.10. The van der Waals surface area contributed by atoms with Gasteiger partial charge in [-0.25, -0.2) is 0 Å². The first-order chi connectivity index (χ1) is 4.74. The molecule has 0 saturated heterocycles. The molecule has 0 aromatic heterocycles. The van der Waals surface area contributed by atoms with Gasteiger partial charge in [0.05, 0.1) is 0 Å². The van der Waals surface area contributed by atoms with Crippen LogP contribution in [0.2, 0.25) is 0 Å². The summed E-state index contributed by atoms with van der Waals surface area (Å²) in [7, 11) is 0. The third-order valence-electron chi connectivity index (χ3n) is 2.51. The Morgan fingerprint density at radius 1 is 1.40 bits per heavy atom. The van der Waals surface area contributed by atoms with E-state index in [-0.39, 0.29) is 0 Å². The Labute approximate surface area is 63.6 Å². The van der Waals surface area contributed by atoms with Gasteiger partial charge in [0.1, 0.15) is 0 Å². The van der Waals surface area contributed by atoms with E-state index in [0.29, 0.717) is 0 Å². The molecule has 0 nitrogen and oxygen atoms in total. The number of allylic oxidation sites excluding steroid dienone is 1. The van der Waals surface area contributed by atoms with Crippen LogP contribution in [0.1, 0.15) is 26.7 Å². The molecule has 0 amide bonds. The van der Waals surface area contributed by atoms with Crippen LogP contribution in [0.5, 0.6) is 0 Å². The van der Waals surface area contributed by atoms with Crippen LogP contribution < -0.4 is 0 Å².